The lowest BCUT2D eigenvalue weighted by Crippen LogP contribution is -2.42. The number of rotatable bonds is 4. The van der Waals surface area contributed by atoms with Crippen LogP contribution in [0.4, 0.5) is 15.0 Å². The van der Waals surface area contributed by atoms with E-state index in [4.69, 9.17) is 4.74 Å². The summed E-state index contributed by atoms with van der Waals surface area (Å²) in [5, 5.41) is 3.28. The molecule has 3 heterocycles. The molecule has 1 aromatic rings. The van der Waals surface area contributed by atoms with Gasteiger partial charge in [-0.25, -0.2) is 14.2 Å². The summed E-state index contributed by atoms with van der Waals surface area (Å²) < 4.78 is 19.3. The lowest BCUT2D eigenvalue weighted by Gasteiger charge is -2.32. The first-order valence-corrected chi connectivity index (χ1v) is 10.1. The summed E-state index contributed by atoms with van der Waals surface area (Å²) >= 11 is 0. The molecule has 2 fully saturated rings. The molecule has 0 saturated carbocycles. The fourth-order valence-corrected chi connectivity index (χ4v) is 3.86. The fourth-order valence-electron chi connectivity index (χ4n) is 3.86. The van der Waals surface area contributed by atoms with Gasteiger partial charge in [0.05, 0.1) is 18.4 Å². The predicted molar refractivity (Wildman–Crippen MR) is 104 cm³/mol. The van der Waals surface area contributed by atoms with Crippen LogP contribution in [0.2, 0.25) is 0 Å². The van der Waals surface area contributed by atoms with E-state index in [2.05, 4.69) is 17.2 Å². The quantitative estimate of drug-likeness (QED) is 0.852. The van der Waals surface area contributed by atoms with Crippen molar-refractivity contribution < 1.29 is 18.7 Å². The molecule has 1 aromatic heterocycles. The van der Waals surface area contributed by atoms with Crippen LogP contribution >= 0.6 is 0 Å². The Hall–Kier alpha value is -2.38. The minimum Gasteiger partial charge on any atom is -0.450 e. The van der Waals surface area contributed by atoms with E-state index in [1.54, 1.807) is 16.7 Å². The molecule has 1 atom stereocenters. The minimum atomic E-state index is -0.592. The van der Waals surface area contributed by atoms with Crippen LogP contribution in [-0.4, -0.2) is 65.6 Å². The van der Waals surface area contributed by atoms with Gasteiger partial charge in [-0.15, -0.1) is 0 Å². The van der Waals surface area contributed by atoms with Gasteiger partial charge < -0.3 is 19.9 Å². The number of halogens is 1. The number of carbonyl (C=O) groups is 2. The molecule has 0 spiro atoms. The van der Waals surface area contributed by atoms with E-state index >= 15 is 0 Å². The van der Waals surface area contributed by atoms with E-state index in [0.29, 0.717) is 44.5 Å². The smallest absolute Gasteiger partial charge is 0.409 e. The van der Waals surface area contributed by atoms with Crippen molar-refractivity contribution in [2.75, 3.05) is 38.1 Å². The second-order valence-electron chi connectivity index (χ2n) is 7.65. The lowest BCUT2D eigenvalue weighted by molar-refractivity contribution is 0.0678. The van der Waals surface area contributed by atoms with Gasteiger partial charge in [0.2, 0.25) is 0 Å². The Bertz CT molecular complexity index is 707. The highest BCUT2D eigenvalue weighted by atomic mass is 19.1. The first-order valence-electron chi connectivity index (χ1n) is 10.1. The van der Waals surface area contributed by atoms with Gasteiger partial charge in [0, 0.05) is 32.2 Å². The first kappa shape index (κ1) is 20.4. The van der Waals surface area contributed by atoms with Crippen LogP contribution in [0.25, 0.3) is 0 Å². The standard InChI is InChI=1S/C20H29FN4O3/c1-3-28-20(27)24-9-6-15(7-10-24)23-18-11-16(17(21)12-22-18)19(26)25-8-4-5-14(2)13-25/h11-12,14-15H,3-10,13H2,1-2H3,(H,22,23). The zero-order chi connectivity index (χ0) is 20.1. The second-order valence-corrected chi connectivity index (χ2v) is 7.65. The third-order valence-electron chi connectivity index (χ3n) is 5.40. The number of ether oxygens (including phenoxy) is 1. The molecule has 154 valence electrons. The monoisotopic (exact) mass is 392 g/mol. The third kappa shape index (κ3) is 4.91. The number of hydrogen-bond donors (Lipinski definition) is 1. The van der Waals surface area contributed by atoms with Crippen molar-refractivity contribution in [3.8, 4) is 0 Å². The van der Waals surface area contributed by atoms with Crippen LogP contribution in [0.1, 0.15) is 49.9 Å². The van der Waals surface area contributed by atoms with Gasteiger partial charge in [-0.3, -0.25) is 4.79 Å². The Morgan fingerprint density at radius 1 is 1.25 bits per heavy atom. The van der Waals surface area contributed by atoms with Gasteiger partial charge in [-0.05, 0) is 44.6 Å². The van der Waals surface area contributed by atoms with Gasteiger partial charge in [0.1, 0.15) is 5.82 Å². The summed E-state index contributed by atoms with van der Waals surface area (Å²) in [5.74, 6) is 0.0618. The molecule has 0 aromatic carbocycles. The maximum absolute atomic E-state index is 14.3. The average Bonchev–Trinajstić information content (AvgIpc) is 2.69. The van der Waals surface area contributed by atoms with Crippen LogP contribution in [0.5, 0.6) is 0 Å². The number of likely N-dealkylation sites (tertiary alicyclic amines) is 2. The topological polar surface area (TPSA) is 74.8 Å². The predicted octanol–water partition coefficient (Wildman–Crippen LogP) is 3.13. The molecule has 3 rings (SSSR count). The summed E-state index contributed by atoms with van der Waals surface area (Å²) in [6.45, 7) is 6.77. The highest BCUT2D eigenvalue weighted by Gasteiger charge is 2.26. The third-order valence-corrected chi connectivity index (χ3v) is 5.40. The van der Waals surface area contributed by atoms with E-state index < -0.39 is 5.82 Å². The lowest BCUT2D eigenvalue weighted by atomic mass is 9.99. The molecule has 1 N–H and O–H groups in total. The number of carbonyl (C=O) groups excluding carboxylic acids is 2. The van der Waals surface area contributed by atoms with Crippen molar-refractivity contribution in [1.82, 2.24) is 14.8 Å². The Labute approximate surface area is 165 Å². The Morgan fingerprint density at radius 2 is 2.00 bits per heavy atom. The summed E-state index contributed by atoms with van der Waals surface area (Å²) in [6, 6.07) is 1.62. The number of pyridine rings is 1. The largest absolute Gasteiger partial charge is 0.450 e. The highest BCUT2D eigenvalue weighted by Crippen LogP contribution is 2.22. The molecule has 0 aliphatic carbocycles. The number of aromatic nitrogens is 1. The van der Waals surface area contributed by atoms with Crippen molar-refractivity contribution >= 4 is 17.8 Å². The number of piperidine rings is 2. The molecule has 2 saturated heterocycles. The zero-order valence-corrected chi connectivity index (χ0v) is 16.6. The normalized spacial score (nSPS) is 20.8. The van der Waals surface area contributed by atoms with Crippen LogP contribution in [-0.2, 0) is 4.74 Å². The number of amides is 2. The molecule has 0 radical (unpaired) electrons. The van der Waals surface area contributed by atoms with Crippen LogP contribution in [0, 0.1) is 11.7 Å². The SMILES string of the molecule is CCOC(=O)N1CCC(Nc2cc(C(=O)N3CCCC(C)C3)c(F)cn2)CC1. The molecule has 2 aliphatic heterocycles. The van der Waals surface area contributed by atoms with Crippen LogP contribution < -0.4 is 5.32 Å². The highest BCUT2D eigenvalue weighted by molar-refractivity contribution is 5.95. The summed E-state index contributed by atoms with van der Waals surface area (Å²) in [4.78, 5) is 32.1. The van der Waals surface area contributed by atoms with Gasteiger partial charge >= 0.3 is 6.09 Å². The maximum Gasteiger partial charge on any atom is 0.409 e. The maximum atomic E-state index is 14.3. The summed E-state index contributed by atoms with van der Waals surface area (Å²) in [6.07, 6.45) is 4.35. The number of nitrogens with zero attached hydrogens (tertiary/aromatic N) is 3. The number of anilines is 1. The van der Waals surface area contributed by atoms with Gasteiger partial charge in [0.15, 0.2) is 5.82 Å². The van der Waals surface area contributed by atoms with E-state index in [1.807, 2.05) is 0 Å². The molecule has 0 bridgehead atoms. The second kappa shape index (κ2) is 9.21. The minimum absolute atomic E-state index is 0.0653. The van der Waals surface area contributed by atoms with Crippen molar-refractivity contribution in [2.24, 2.45) is 5.92 Å². The molecule has 28 heavy (non-hydrogen) atoms. The first-order chi connectivity index (χ1) is 13.5. The van der Waals surface area contributed by atoms with Crippen molar-refractivity contribution in [1.29, 1.82) is 0 Å². The van der Waals surface area contributed by atoms with E-state index in [1.165, 1.54) is 6.07 Å². The van der Waals surface area contributed by atoms with Crippen LogP contribution in [0.3, 0.4) is 0 Å². The molecule has 2 amide bonds. The van der Waals surface area contributed by atoms with Crippen LogP contribution in [0.15, 0.2) is 12.3 Å². The van der Waals surface area contributed by atoms with Gasteiger partial charge in [0.25, 0.3) is 5.91 Å². The summed E-state index contributed by atoms with van der Waals surface area (Å²) in [7, 11) is 0. The average molecular weight is 392 g/mol. The summed E-state index contributed by atoms with van der Waals surface area (Å²) in [5.41, 5.74) is 0.0653. The van der Waals surface area contributed by atoms with Gasteiger partial charge in [-0.1, -0.05) is 6.92 Å². The molecule has 8 heteroatoms. The molecule has 1 unspecified atom stereocenters. The zero-order valence-electron chi connectivity index (χ0n) is 16.6. The van der Waals surface area contributed by atoms with E-state index in [-0.39, 0.29) is 23.6 Å². The van der Waals surface area contributed by atoms with Crippen molar-refractivity contribution in [3.63, 3.8) is 0 Å². The molecular formula is C20H29FN4O3. The van der Waals surface area contributed by atoms with Crippen molar-refractivity contribution in [3.05, 3.63) is 23.6 Å². The number of nitrogens with one attached hydrogen (secondary N) is 1. The Balaban J connectivity index is 1.61. The van der Waals surface area contributed by atoms with Gasteiger partial charge in [-0.2, -0.15) is 0 Å². The Morgan fingerprint density at radius 3 is 2.68 bits per heavy atom. The van der Waals surface area contributed by atoms with E-state index in [0.717, 1.165) is 31.9 Å². The number of hydrogen-bond acceptors (Lipinski definition) is 5. The molecular weight excluding hydrogens is 363 g/mol. The molecule has 2 aliphatic rings. The molecule has 7 nitrogen and oxygen atoms in total. The fraction of sp³-hybridized carbons (Fsp3) is 0.650. The van der Waals surface area contributed by atoms with Crippen molar-refractivity contribution in [2.45, 2.75) is 45.6 Å². The Kier molecular flexibility index (Phi) is 6.70. The van der Waals surface area contributed by atoms with E-state index in [9.17, 15) is 14.0 Å².